The van der Waals surface area contributed by atoms with Gasteiger partial charge in [0.15, 0.2) is 0 Å². The predicted octanol–water partition coefficient (Wildman–Crippen LogP) is 5.41. The minimum atomic E-state index is -0.383. The van der Waals surface area contributed by atoms with E-state index in [-0.39, 0.29) is 5.97 Å². The van der Waals surface area contributed by atoms with Crippen LogP contribution in [0.2, 0.25) is 5.02 Å². The quantitative estimate of drug-likeness (QED) is 0.542. The minimum Gasteiger partial charge on any atom is -0.462 e. The predicted molar refractivity (Wildman–Crippen MR) is 112 cm³/mol. The minimum absolute atomic E-state index is 0.314. The number of carbonyl (C=O) groups is 1. The maximum atomic E-state index is 12.2. The van der Waals surface area contributed by atoms with Crippen molar-refractivity contribution in [3.05, 3.63) is 70.5 Å². The zero-order valence-electron chi connectivity index (χ0n) is 15.9. The van der Waals surface area contributed by atoms with E-state index in [0.717, 1.165) is 11.3 Å². The summed E-state index contributed by atoms with van der Waals surface area (Å²) in [5.74, 6) is 1.41. The van der Waals surface area contributed by atoms with Crippen LogP contribution >= 0.6 is 11.6 Å². The topological polar surface area (TPSA) is 76.1 Å². The van der Waals surface area contributed by atoms with Gasteiger partial charge in [-0.1, -0.05) is 23.7 Å². The third-order valence-electron chi connectivity index (χ3n) is 3.97. The monoisotopic (exact) mass is 396 g/mol. The highest BCUT2D eigenvalue weighted by atomic mass is 35.5. The Morgan fingerprint density at radius 2 is 1.68 bits per heavy atom. The first-order valence-electron chi connectivity index (χ1n) is 8.88. The Balaban J connectivity index is 1.87. The molecule has 0 radical (unpaired) electrons. The van der Waals surface area contributed by atoms with E-state index in [1.165, 1.54) is 0 Å². The summed E-state index contributed by atoms with van der Waals surface area (Å²) in [6, 6.07) is 14.5. The standard InChI is InChI=1S/C21H21ClN4O2/c1-4-28-21(27)16-7-5-6-8-18(16)26-20-12-19(23-14(3)24-20)25-17-10-9-15(22)11-13(17)2/h5-12H,4H2,1-3H3,(H2,23,24,25,26). The van der Waals surface area contributed by atoms with Gasteiger partial charge in [-0.15, -0.1) is 0 Å². The first-order chi connectivity index (χ1) is 13.5. The molecule has 0 saturated heterocycles. The van der Waals surface area contributed by atoms with Crippen molar-refractivity contribution in [2.24, 2.45) is 0 Å². The van der Waals surface area contributed by atoms with Gasteiger partial charge < -0.3 is 15.4 Å². The molecule has 28 heavy (non-hydrogen) atoms. The third kappa shape index (κ3) is 4.78. The van der Waals surface area contributed by atoms with Crippen molar-refractivity contribution in [1.29, 1.82) is 0 Å². The lowest BCUT2D eigenvalue weighted by Gasteiger charge is -2.13. The molecule has 7 heteroatoms. The number of nitrogens with zero attached hydrogens (tertiary/aromatic N) is 2. The molecular formula is C21H21ClN4O2. The van der Waals surface area contributed by atoms with Gasteiger partial charge in [-0.2, -0.15) is 0 Å². The number of para-hydroxylation sites is 1. The summed E-state index contributed by atoms with van der Waals surface area (Å²) in [4.78, 5) is 21.0. The number of anilines is 4. The van der Waals surface area contributed by atoms with Crippen molar-refractivity contribution in [2.75, 3.05) is 17.2 Å². The highest BCUT2D eigenvalue weighted by molar-refractivity contribution is 6.30. The maximum absolute atomic E-state index is 12.2. The number of ether oxygens (including phenoxy) is 1. The lowest BCUT2D eigenvalue weighted by Crippen LogP contribution is -2.09. The molecule has 3 rings (SSSR count). The number of rotatable bonds is 6. The second-order valence-corrected chi connectivity index (χ2v) is 6.60. The van der Waals surface area contributed by atoms with Gasteiger partial charge in [0.25, 0.3) is 0 Å². The van der Waals surface area contributed by atoms with E-state index in [1.54, 1.807) is 31.2 Å². The van der Waals surface area contributed by atoms with E-state index >= 15 is 0 Å². The Morgan fingerprint density at radius 1 is 1.00 bits per heavy atom. The van der Waals surface area contributed by atoms with E-state index in [1.807, 2.05) is 38.1 Å². The van der Waals surface area contributed by atoms with Gasteiger partial charge in [0.2, 0.25) is 0 Å². The number of aryl methyl sites for hydroxylation is 2. The third-order valence-corrected chi connectivity index (χ3v) is 4.21. The molecular weight excluding hydrogens is 376 g/mol. The molecule has 0 bridgehead atoms. The SMILES string of the molecule is CCOC(=O)c1ccccc1Nc1cc(Nc2ccc(Cl)cc2C)nc(C)n1. The summed E-state index contributed by atoms with van der Waals surface area (Å²) in [7, 11) is 0. The van der Waals surface area contributed by atoms with Crippen LogP contribution in [0.4, 0.5) is 23.0 Å². The number of halogens is 1. The van der Waals surface area contributed by atoms with E-state index in [0.29, 0.717) is 40.3 Å². The zero-order chi connectivity index (χ0) is 20.1. The smallest absolute Gasteiger partial charge is 0.340 e. The van der Waals surface area contributed by atoms with Crippen molar-refractivity contribution in [1.82, 2.24) is 9.97 Å². The summed E-state index contributed by atoms with van der Waals surface area (Å²) in [6.45, 7) is 5.87. The van der Waals surface area contributed by atoms with Crippen LogP contribution < -0.4 is 10.6 Å². The Hall–Kier alpha value is -3.12. The molecule has 3 aromatic rings. The second-order valence-electron chi connectivity index (χ2n) is 6.16. The van der Waals surface area contributed by atoms with Gasteiger partial charge in [0.1, 0.15) is 17.5 Å². The van der Waals surface area contributed by atoms with Crippen molar-refractivity contribution in [2.45, 2.75) is 20.8 Å². The van der Waals surface area contributed by atoms with Crippen LogP contribution in [-0.4, -0.2) is 22.5 Å². The Bertz CT molecular complexity index is 1010. The molecule has 2 aromatic carbocycles. The van der Waals surface area contributed by atoms with E-state index in [9.17, 15) is 4.79 Å². The zero-order valence-corrected chi connectivity index (χ0v) is 16.7. The molecule has 0 aliphatic carbocycles. The van der Waals surface area contributed by atoms with Gasteiger partial charge >= 0.3 is 5.97 Å². The molecule has 0 aliphatic heterocycles. The number of hydrogen-bond donors (Lipinski definition) is 2. The Morgan fingerprint density at radius 3 is 2.36 bits per heavy atom. The summed E-state index contributed by atoms with van der Waals surface area (Å²) in [5, 5.41) is 7.15. The number of esters is 1. The molecule has 6 nitrogen and oxygen atoms in total. The van der Waals surface area contributed by atoms with E-state index in [4.69, 9.17) is 16.3 Å². The number of carbonyl (C=O) groups excluding carboxylic acids is 1. The van der Waals surface area contributed by atoms with Crippen LogP contribution in [0.5, 0.6) is 0 Å². The summed E-state index contributed by atoms with van der Waals surface area (Å²) >= 11 is 6.02. The number of hydrogen-bond acceptors (Lipinski definition) is 6. The number of nitrogens with one attached hydrogen (secondary N) is 2. The van der Waals surface area contributed by atoms with Gasteiger partial charge in [-0.05, 0) is 56.7 Å². The van der Waals surface area contributed by atoms with E-state index < -0.39 is 0 Å². The molecule has 0 atom stereocenters. The van der Waals surface area contributed by atoms with Crippen LogP contribution in [0.3, 0.4) is 0 Å². The molecule has 0 amide bonds. The van der Waals surface area contributed by atoms with Gasteiger partial charge in [-0.25, -0.2) is 14.8 Å². The highest BCUT2D eigenvalue weighted by Crippen LogP contribution is 2.26. The van der Waals surface area contributed by atoms with Gasteiger partial charge in [0.05, 0.1) is 17.9 Å². The summed E-state index contributed by atoms with van der Waals surface area (Å²) in [5.41, 5.74) is 2.97. The first-order valence-corrected chi connectivity index (χ1v) is 9.26. The Labute approximate surface area is 168 Å². The average Bonchev–Trinajstić information content (AvgIpc) is 2.64. The molecule has 1 heterocycles. The van der Waals surface area contributed by atoms with Crippen LogP contribution in [-0.2, 0) is 4.74 Å². The molecule has 0 spiro atoms. The number of aromatic nitrogens is 2. The maximum Gasteiger partial charge on any atom is 0.340 e. The van der Waals surface area contributed by atoms with Crippen molar-refractivity contribution < 1.29 is 9.53 Å². The lowest BCUT2D eigenvalue weighted by atomic mass is 10.2. The largest absolute Gasteiger partial charge is 0.462 e. The normalized spacial score (nSPS) is 10.4. The molecule has 2 N–H and O–H groups in total. The molecule has 144 valence electrons. The molecule has 0 fully saturated rings. The van der Waals surface area contributed by atoms with Gasteiger partial charge in [-0.3, -0.25) is 0 Å². The fraction of sp³-hybridized carbons (Fsp3) is 0.190. The lowest BCUT2D eigenvalue weighted by molar-refractivity contribution is 0.0527. The van der Waals surface area contributed by atoms with Crippen molar-refractivity contribution >= 4 is 40.6 Å². The number of benzene rings is 2. The average molecular weight is 397 g/mol. The highest BCUT2D eigenvalue weighted by Gasteiger charge is 2.13. The second kappa shape index (κ2) is 8.71. The molecule has 0 saturated carbocycles. The molecule has 0 aliphatic rings. The first kappa shape index (κ1) is 19.6. The Kier molecular flexibility index (Phi) is 6.11. The van der Waals surface area contributed by atoms with Crippen molar-refractivity contribution in [3.63, 3.8) is 0 Å². The molecule has 0 unspecified atom stereocenters. The van der Waals surface area contributed by atoms with Crippen LogP contribution in [0.1, 0.15) is 28.7 Å². The van der Waals surface area contributed by atoms with E-state index in [2.05, 4.69) is 20.6 Å². The van der Waals surface area contributed by atoms with Crippen molar-refractivity contribution in [3.8, 4) is 0 Å². The van der Waals surface area contributed by atoms with Crippen LogP contribution in [0, 0.1) is 13.8 Å². The van der Waals surface area contributed by atoms with Gasteiger partial charge in [0, 0.05) is 16.8 Å². The summed E-state index contributed by atoms with van der Waals surface area (Å²) < 4.78 is 5.12. The van der Waals surface area contributed by atoms with Crippen LogP contribution in [0.15, 0.2) is 48.5 Å². The summed E-state index contributed by atoms with van der Waals surface area (Å²) in [6.07, 6.45) is 0. The molecule has 1 aromatic heterocycles. The van der Waals surface area contributed by atoms with Crippen LogP contribution in [0.25, 0.3) is 0 Å². The fourth-order valence-electron chi connectivity index (χ4n) is 2.72. The fourth-order valence-corrected chi connectivity index (χ4v) is 2.94.